The van der Waals surface area contributed by atoms with Crippen LogP contribution in [0.3, 0.4) is 0 Å². The van der Waals surface area contributed by atoms with Crippen molar-refractivity contribution in [1.29, 1.82) is 0 Å². The number of carbonyl (C=O) groups is 1. The van der Waals surface area contributed by atoms with Crippen molar-refractivity contribution in [3.8, 4) is 17.2 Å². The van der Waals surface area contributed by atoms with Crippen molar-refractivity contribution in [2.45, 2.75) is 32.8 Å². The number of rotatable bonds is 3. The highest BCUT2D eigenvalue weighted by atomic mass is 16.5. The van der Waals surface area contributed by atoms with Crippen molar-refractivity contribution in [2.75, 3.05) is 7.11 Å². The standard InChI is InChI=1S/C21H22O5/c1-11(2)5-6-21(25)14-7-12(3)8-16(22)18(14)20(24)19-15(21)9-13(26-4)10-17(19)23/h5,7-10,22-23,25H,6H2,1-4H3/t21-/m0/s1. The molecule has 3 N–H and O–H groups in total. The number of aliphatic hydroxyl groups is 1. The number of phenolic OH excluding ortho intramolecular Hbond substituents is 2. The quantitative estimate of drug-likeness (QED) is 0.734. The molecular weight excluding hydrogens is 332 g/mol. The van der Waals surface area contributed by atoms with Crippen LogP contribution in [0.5, 0.6) is 17.2 Å². The maximum atomic E-state index is 13.0. The Morgan fingerprint density at radius 2 is 1.65 bits per heavy atom. The Morgan fingerprint density at radius 3 is 2.23 bits per heavy atom. The van der Waals surface area contributed by atoms with Crippen LogP contribution in [0, 0.1) is 6.92 Å². The number of methoxy groups -OCH3 is 1. The molecule has 5 heteroatoms. The van der Waals surface area contributed by atoms with Crippen LogP contribution < -0.4 is 4.74 Å². The van der Waals surface area contributed by atoms with E-state index in [0.717, 1.165) is 11.1 Å². The molecule has 0 aromatic heterocycles. The molecule has 1 aliphatic carbocycles. The zero-order valence-electron chi connectivity index (χ0n) is 15.3. The lowest BCUT2D eigenvalue weighted by molar-refractivity contribution is 0.0730. The fourth-order valence-electron chi connectivity index (χ4n) is 3.46. The summed E-state index contributed by atoms with van der Waals surface area (Å²) in [5.41, 5.74) is 0.760. The lowest BCUT2D eigenvalue weighted by Gasteiger charge is -2.36. The first-order valence-electron chi connectivity index (χ1n) is 8.35. The minimum Gasteiger partial charge on any atom is -0.507 e. The van der Waals surface area contributed by atoms with E-state index in [0.29, 0.717) is 11.3 Å². The molecule has 1 atom stereocenters. The topological polar surface area (TPSA) is 87.0 Å². The predicted molar refractivity (Wildman–Crippen MR) is 98.0 cm³/mol. The zero-order valence-corrected chi connectivity index (χ0v) is 15.3. The van der Waals surface area contributed by atoms with Gasteiger partial charge in [0.1, 0.15) is 22.8 Å². The van der Waals surface area contributed by atoms with E-state index in [1.54, 1.807) is 19.1 Å². The Bertz CT molecular complexity index is 938. The number of fused-ring (bicyclic) bond motifs is 2. The molecule has 0 saturated heterocycles. The maximum Gasteiger partial charge on any atom is 0.201 e. The summed E-state index contributed by atoms with van der Waals surface area (Å²) in [7, 11) is 1.45. The summed E-state index contributed by atoms with van der Waals surface area (Å²) in [6.45, 7) is 5.61. The lowest BCUT2D eigenvalue weighted by Crippen LogP contribution is -2.35. The van der Waals surface area contributed by atoms with E-state index in [1.165, 1.54) is 19.2 Å². The van der Waals surface area contributed by atoms with Gasteiger partial charge in [0.25, 0.3) is 0 Å². The molecule has 0 bridgehead atoms. The number of allylic oxidation sites excluding steroid dienone is 1. The number of aryl methyl sites for hydroxylation is 1. The molecule has 3 rings (SSSR count). The summed E-state index contributed by atoms with van der Waals surface area (Å²) < 4.78 is 5.20. The largest absolute Gasteiger partial charge is 0.507 e. The summed E-state index contributed by atoms with van der Waals surface area (Å²) in [6.07, 6.45) is 2.05. The van der Waals surface area contributed by atoms with Crippen molar-refractivity contribution < 1.29 is 24.9 Å². The van der Waals surface area contributed by atoms with E-state index in [-0.39, 0.29) is 34.6 Å². The summed E-state index contributed by atoms with van der Waals surface area (Å²) in [5, 5.41) is 32.5. The first kappa shape index (κ1) is 18.0. The van der Waals surface area contributed by atoms with Gasteiger partial charge < -0.3 is 20.1 Å². The van der Waals surface area contributed by atoms with Crippen LogP contribution in [0.4, 0.5) is 0 Å². The number of hydrogen-bond donors (Lipinski definition) is 3. The molecule has 5 nitrogen and oxygen atoms in total. The van der Waals surface area contributed by atoms with Gasteiger partial charge in [0.05, 0.1) is 18.2 Å². The number of ketones is 1. The van der Waals surface area contributed by atoms with Gasteiger partial charge >= 0.3 is 0 Å². The van der Waals surface area contributed by atoms with Gasteiger partial charge in [-0.25, -0.2) is 0 Å². The SMILES string of the molecule is COc1cc(O)c2c(c1)[C@](O)(CC=C(C)C)c1cc(C)cc(O)c1C2=O. The van der Waals surface area contributed by atoms with Crippen molar-refractivity contribution in [3.63, 3.8) is 0 Å². The van der Waals surface area contributed by atoms with Crippen molar-refractivity contribution in [2.24, 2.45) is 0 Å². The third-order valence-electron chi connectivity index (χ3n) is 4.74. The monoisotopic (exact) mass is 354 g/mol. The van der Waals surface area contributed by atoms with Gasteiger partial charge in [0.2, 0.25) is 5.78 Å². The van der Waals surface area contributed by atoms with E-state index in [9.17, 15) is 20.1 Å². The number of phenols is 2. The van der Waals surface area contributed by atoms with Gasteiger partial charge in [-0.2, -0.15) is 0 Å². The van der Waals surface area contributed by atoms with E-state index >= 15 is 0 Å². The molecule has 0 aliphatic heterocycles. The summed E-state index contributed by atoms with van der Waals surface area (Å²) in [5.74, 6) is -0.674. The van der Waals surface area contributed by atoms with Crippen LogP contribution in [-0.4, -0.2) is 28.2 Å². The van der Waals surface area contributed by atoms with Crippen molar-refractivity contribution >= 4 is 5.78 Å². The lowest BCUT2D eigenvalue weighted by atomic mass is 9.71. The molecular formula is C21H22O5. The van der Waals surface area contributed by atoms with Crippen LogP contribution in [-0.2, 0) is 5.60 Å². The predicted octanol–water partition coefficient (Wildman–Crippen LogP) is 3.55. The van der Waals surface area contributed by atoms with E-state index < -0.39 is 11.4 Å². The summed E-state index contributed by atoms with van der Waals surface area (Å²) >= 11 is 0. The van der Waals surface area contributed by atoms with Gasteiger partial charge in [-0.1, -0.05) is 17.7 Å². The van der Waals surface area contributed by atoms with Gasteiger partial charge in [0.15, 0.2) is 0 Å². The van der Waals surface area contributed by atoms with Crippen LogP contribution in [0.1, 0.15) is 52.9 Å². The number of aromatic hydroxyl groups is 2. The number of hydrogen-bond acceptors (Lipinski definition) is 5. The number of benzene rings is 2. The van der Waals surface area contributed by atoms with Crippen LogP contribution >= 0.6 is 0 Å². The van der Waals surface area contributed by atoms with E-state index in [4.69, 9.17) is 4.74 Å². The fraction of sp³-hybridized carbons (Fsp3) is 0.286. The normalized spacial score (nSPS) is 18.1. The third-order valence-corrected chi connectivity index (χ3v) is 4.74. The molecule has 2 aromatic carbocycles. The minimum absolute atomic E-state index is 0.0119. The second kappa shape index (κ2) is 6.18. The van der Waals surface area contributed by atoms with Crippen LogP contribution in [0.2, 0.25) is 0 Å². The number of carbonyl (C=O) groups excluding carboxylic acids is 1. The van der Waals surface area contributed by atoms with Gasteiger partial charge in [0, 0.05) is 23.6 Å². The molecule has 1 aliphatic rings. The molecule has 0 heterocycles. The zero-order chi connectivity index (χ0) is 19.2. The molecule has 0 amide bonds. The van der Waals surface area contributed by atoms with Gasteiger partial charge in [-0.05, 0) is 38.5 Å². The third kappa shape index (κ3) is 2.65. The smallest absolute Gasteiger partial charge is 0.201 e. The van der Waals surface area contributed by atoms with Crippen molar-refractivity contribution in [3.05, 3.63) is 63.7 Å². The highest BCUT2D eigenvalue weighted by molar-refractivity contribution is 6.16. The average molecular weight is 354 g/mol. The Balaban J connectivity index is 2.41. The summed E-state index contributed by atoms with van der Waals surface area (Å²) in [6, 6.07) is 6.07. The fourth-order valence-corrected chi connectivity index (χ4v) is 3.46. The molecule has 26 heavy (non-hydrogen) atoms. The number of ether oxygens (including phenoxy) is 1. The molecule has 0 unspecified atom stereocenters. The Morgan fingerprint density at radius 1 is 1.08 bits per heavy atom. The van der Waals surface area contributed by atoms with Crippen LogP contribution in [0.25, 0.3) is 0 Å². The molecule has 2 aromatic rings. The molecule has 0 radical (unpaired) electrons. The van der Waals surface area contributed by atoms with E-state index in [2.05, 4.69) is 0 Å². The summed E-state index contributed by atoms with van der Waals surface area (Å²) in [4.78, 5) is 13.0. The second-order valence-corrected chi connectivity index (χ2v) is 6.95. The van der Waals surface area contributed by atoms with Crippen LogP contribution in [0.15, 0.2) is 35.9 Å². The van der Waals surface area contributed by atoms with Gasteiger partial charge in [-0.15, -0.1) is 0 Å². The van der Waals surface area contributed by atoms with Gasteiger partial charge in [-0.3, -0.25) is 4.79 Å². The average Bonchev–Trinajstić information content (AvgIpc) is 2.56. The van der Waals surface area contributed by atoms with E-state index in [1.807, 2.05) is 19.9 Å². The second-order valence-electron chi connectivity index (χ2n) is 6.95. The molecule has 0 spiro atoms. The first-order valence-corrected chi connectivity index (χ1v) is 8.35. The Hall–Kier alpha value is -2.79. The van der Waals surface area contributed by atoms with Crippen molar-refractivity contribution in [1.82, 2.24) is 0 Å². The first-order chi connectivity index (χ1) is 12.2. The Kier molecular flexibility index (Phi) is 4.28. The maximum absolute atomic E-state index is 13.0. The Labute approximate surface area is 152 Å². The molecule has 0 saturated carbocycles. The molecule has 136 valence electrons. The highest BCUT2D eigenvalue weighted by Gasteiger charge is 2.44. The highest BCUT2D eigenvalue weighted by Crippen LogP contribution is 2.49. The molecule has 0 fully saturated rings. The minimum atomic E-state index is -1.58.